The van der Waals surface area contributed by atoms with Gasteiger partial charge in [0.05, 0.1) is 18.8 Å². The molecule has 1 fully saturated rings. The maximum atomic E-state index is 11.6. The number of nitrogens with one attached hydrogen (secondary N) is 3. The highest BCUT2D eigenvalue weighted by Gasteiger charge is 2.22. The van der Waals surface area contributed by atoms with Gasteiger partial charge in [0.2, 0.25) is 5.91 Å². The van der Waals surface area contributed by atoms with Crippen molar-refractivity contribution in [1.29, 1.82) is 0 Å². The normalized spacial score (nSPS) is 17.6. The Balaban J connectivity index is 1.74. The van der Waals surface area contributed by atoms with Crippen molar-refractivity contribution in [1.82, 2.24) is 30.9 Å². The van der Waals surface area contributed by atoms with Gasteiger partial charge in [-0.1, -0.05) is 5.21 Å². The summed E-state index contributed by atoms with van der Waals surface area (Å²) in [5, 5.41) is 23.7. The SMILES string of the molecule is O=C(O)Cn1cc(CNC(=O)NC2CNC(=O)C2)nn1. The molecule has 0 radical (unpaired) electrons. The molecule has 0 aliphatic carbocycles. The highest BCUT2D eigenvalue weighted by Crippen LogP contribution is 1.98. The number of carboxylic acids is 1. The average molecular weight is 282 g/mol. The van der Waals surface area contributed by atoms with Gasteiger partial charge in [-0.3, -0.25) is 9.59 Å². The van der Waals surface area contributed by atoms with E-state index in [1.54, 1.807) is 0 Å². The number of aromatic nitrogens is 3. The summed E-state index contributed by atoms with van der Waals surface area (Å²) in [6, 6.07) is -0.635. The second-order valence-electron chi connectivity index (χ2n) is 4.33. The predicted octanol–water partition coefficient (Wildman–Crippen LogP) is -1.95. The maximum absolute atomic E-state index is 11.6. The van der Waals surface area contributed by atoms with Gasteiger partial charge in [0, 0.05) is 13.0 Å². The molecule has 10 heteroatoms. The van der Waals surface area contributed by atoms with Gasteiger partial charge in [0.15, 0.2) is 0 Å². The lowest BCUT2D eigenvalue weighted by Crippen LogP contribution is -2.42. The van der Waals surface area contributed by atoms with Crippen LogP contribution < -0.4 is 16.0 Å². The second-order valence-corrected chi connectivity index (χ2v) is 4.33. The van der Waals surface area contributed by atoms with Gasteiger partial charge in [0.1, 0.15) is 12.2 Å². The molecule has 0 spiro atoms. The van der Waals surface area contributed by atoms with Crippen LogP contribution in [0.5, 0.6) is 0 Å². The first-order valence-corrected chi connectivity index (χ1v) is 5.95. The molecule has 0 bridgehead atoms. The van der Waals surface area contributed by atoms with Gasteiger partial charge in [-0.2, -0.15) is 0 Å². The lowest BCUT2D eigenvalue weighted by atomic mass is 10.2. The summed E-state index contributed by atoms with van der Waals surface area (Å²) in [4.78, 5) is 33.0. The van der Waals surface area contributed by atoms with E-state index in [0.717, 1.165) is 4.68 Å². The van der Waals surface area contributed by atoms with Gasteiger partial charge in [-0.15, -0.1) is 5.10 Å². The first kappa shape index (κ1) is 13.8. The number of rotatable bonds is 5. The van der Waals surface area contributed by atoms with E-state index in [0.29, 0.717) is 12.2 Å². The Labute approximate surface area is 113 Å². The minimum atomic E-state index is -1.02. The maximum Gasteiger partial charge on any atom is 0.325 e. The van der Waals surface area contributed by atoms with Crippen molar-refractivity contribution in [3.05, 3.63) is 11.9 Å². The zero-order valence-corrected chi connectivity index (χ0v) is 10.5. The molecular weight excluding hydrogens is 268 g/mol. The quantitative estimate of drug-likeness (QED) is 0.495. The van der Waals surface area contributed by atoms with Crippen molar-refractivity contribution in [3.8, 4) is 0 Å². The first-order chi connectivity index (χ1) is 9.52. The molecule has 1 aromatic rings. The van der Waals surface area contributed by atoms with Crippen LogP contribution in [0.3, 0.4) is 0 Å². The van der Waals surface area contributed by atoms with E-state index in [2.05, 4.69) is 26.3 Å². The minimum absolute atomic E-state index is 0.0908. The third-order valence-electron chi connectivity index (χ3n) is 2.63. The third kappa shape index (κ3) is 3.93. The minimum Gasteiger partial charge on any atom is -0.480 e. The number of carbonyl (C=O) groups is 3. The van der Waals surface area contributed by atoms with Gasteiger partial charge in [0.25, 0.3) is 0 Å². The standard InChI is InChI=1S/C10H14N6O4/c17-8-1-6(2-11-8)13-10(20)12-3-7-4-16(15-14-7)5-9(18)19/h4,6H,1-3,5H2,(H,11,17)(H,18,19)(H2,12,13,20). The second kappa shape index (κ2) is 5.99. The Bertz CT molecular complexity index is 528. The molecule has 108 valence electrons. The molecule has 1 aliphatic heterocycles. The van der Waals surface area contributed by atoms with Crippen LogP contribution in [0, 0.1) is 0 Å². The summed E-state index contributed by atoms with van der Waals surface area (Å²) in [5.74, 6) is -1.11. The smallest absolute Gasteiger partial charge is 0.325 e. The third-order valence-corrected chi connectivity index (χ3v) is 2.63. The van der Waals surface area contributed by atoms with Crippen molar-refractivity contribution < 1.29 is 19.5 Å². The van der Waals surface area contributed by atoms with Gasteiger partial charge in [-0.25, -0.2) is 9.48 Å². The molecule has 10 nitrogen and oxygen atoms in total. The van der Waals surface area contributed by atoms with E-state index in [9.17, 15) is 14.4 Å². The number of nitrogens with zero attached hydrogens (tertiary/aromatic N) is 3. The van der Waals surface area contributed by atoms with Gasteiger partial charge < -0.3 is 21.1 Å². The number of aliphatic carboxylic acids is 1. The number of urea groups is 1. The number of hydrogen-bond donors (Lipinski definition) is 4. The number of amides is 3. The van der Waals surface area contributed by atoms with Crippen LogP contribution in [0.15, 0.2) is 6.20 Å². The fraction of sp³-hybridized carbons (Fsp3) is 0.500. The molecule has 3 amide bonds. The topological polar surface area (TPSA) is 138 Å². The fourth-order valence-corrected chi connectivity index (χ4v) is 1.75. The van der Waals surface area contributed by atoms with E-state index < -0.39 is 12.0 Å². The Morgan fingerprint density at radius 1 is 1.55 bits per heavy atom. The van der Waals surface area contributed by atoms with Crippen LogP contribution in [0.25, 0.3) is 0 Å². The van der Waals surface area contributed by atoms with Crippen molar-refractivity contribution >= 4 is 17.9 Å². The highest BCUT2D eigenvalue weighted by atomic mass is 16.4. The van der Waals surface area contributed by atoms with Gasteiger partial charge in [-0.05, 0) is 0 Å². The van der Waals surface area contributed by atoms with Crippen LogP contribution in [-0.4, -0.2) is 50.6 Å². The average Bonchev–Trinajstić information content (AvgIpc) is 2.96. The highest BCUT2D eigenvalue weighted by molar-refractivity contribution is 5.81. The van der Waals surface area contributed by atoms with Crippen molar-refractivity contribution in [2.75, 3.05) is 6.54 Å². The molecule has 1 unspecified atom stereocenters. The Morgan fingerprint density at radius 3 is 3.00 bits per heavy atom. The lowest BCUT2D eigenvalue weighted by molar-refractivity contribution is -0.137. The van der Waals surface area contributed by atoms with E-state index in [4.69, 9.17) is 5.11 Å². The summed E-state index contributed by atoms with van der Waals surface area (Å²) in [7, 11) is 0. The summed E-state index contributed by atoms with van der Waals surface area (Å²) in [6.07, 6.45) is 1.71. The molecule has 0 saturated carbocycles. The molecule has 1 saturated heterocycles. The summed E-state index contributed by atoms with van der Waals surface area (Å²) in [5.41, 5.74) is 0.446. The molecular formula is C10H14N6O4. The summed E-state index contributed by atoms with van der Waals surface area (Å²) in [6.45, 7) is 0.260. The van der Waals surface area contributed by atoms with E-state index in [-0.39, 0.29) is 31.5 Å². The van der Waals surface area contributed by atoms with Crippen molar-refractivity contribution in [3.63, 3.8) is 0 Å². The number of carboxylic acid groups (broad SMARTS) is 1. The zero-order valence-electron chi connectivity index (χ0n) is 10.5. The van der Waals surface area contributed by atoms with Gasteiger partial charge >= 0.3 is 12.0 Å². The molecule has 20 heavy (non-hydrogen) atoms. The van der Waals surface area contributed by atoms with E-state index in [1.807, 2.05) is 0 Å². The first-order valence-electron chi connectivity index (χ1n) is 5.95. The van der Waals surface area contributed by atoms with E-state index in [1.165, 1.54) is 6.20 Å². The molecule has 2 rings (SSSR count). The molecule has 1 aliphatic rings. The predicted molar refractivity (Wildman–Crippen MR) is 64.4 cm³/mol. The largest absolute Gasteiger partial charge is 0.480 e. The lowest BCUT2D eigenvalue weighted by Gasteiger charge is -2.10. The Kier molecular flexibility index (Phi) is 4.13. The number of hydrogen-bond acceptors (Lipinski definition) is 5. The van der Waals surface area contributed by atoms with Crippen molar-refractivity contribution in [2.24, 2.45) is 0 Å². The Morgan fingerprint density at radius 2 is 2.35 bits per heavy atom. The summed E-state index contributed by atoms with van der Waals surface area (Å²) < 4.78 is 1.16. The molecule has 4 N–H and O–H groups in total. The molecule has 1 atom stereocenters. The van der Waals surface area contributed by atoms with Crippen LogP contribution in [0.4, 0.5) is 4.79 Å². The van der Waals surface area contributed by atoms with Crippen LogP contribution in [0.1, 0.15) is 12.1 Å². The zero-order chi connectivity index (χ0) is 14.5. The van der Waals surface area contributed by atoms with Crippen molar-refractivity contribution in [2.45, 2.75) is 25.6 Å². The Hall–Kier alpha value is -2.65. The van der Waals surface area contributed by atoms with E-state index >= 15 is 0 Å². The van der Waals surface area contributed by atoms with Crippen LogP contribution >= 0.6 is 0 Å². The number of carbonyl (C=O) groups excluding carboxylic acids is 2. The van der Waals surface area contributed by atoms with Crippen LogP contribution in [-0.2, 0) is 22.7 Å². The molecule has 1 aromatic heterocycles. The molecule has 0 aromatic carbocycles. The monoisotopic (exact) mass is 282 g/mol. The van der Waals surface area contributed by atoms with Crippen LogP contribution in [0.2, 0.25) is 0 Å². The molecule has 2 heterocycles. The summed E-state index contributed by atoms with van der Waals surface area (Å²) >= 11 is 0. The fourth-order valence-electron chi connectivity index (χ4n) is 1.75.